The van der Waals surface area contributed by atoms with Gasteiger partial charge in [-0.15, -0.1) is 0 Å². The zero-order valence-electron chi connectivity index (χ0n) is 11.8. The van der Waals surface area contributed by atoms with Crippen LogP contribution in [0.2, 0.25) is 5.02 Å². The summed E-state index contributed by atoms with van der Waals surface area (Å²) in [7, 11) is -3.65. The van der Waals surface area contributed by atoms with Crippen LogP contribution < -0.4 is 9.46 Å². The number of ether oxygens (including phenoxy) is 1. The largest absolute Gasteiger partial charge is 0.494 e. The number of hydrogen-bond acceptors (Lipinski definition) is 3. The van der Waals surface area contributed by atoms with Gasteiger partial charge in [-0.3, -0.25) is 4.72 Å². The minimum Gasteiger partial charge on any atom is -0.494 e. The molecule has 0 bridgehead atoms. The van der Waals surface area contributed by atoms with Crippen molar-refractivity contribution in [3.8, 4) is 5.75 Å². The summed E-state index contributed by atoms with van der Waals surface area (Å²) in [6.07, 6.45) is 0. The highest BCUT2D eigenvalue weighted by molar-refractivity contribution is 7.92. The van der Waals surface area contributed by atoms with Crippen LogP contribution in [0, 0.1) is 6.92 Å². The van der Waals surface area contributed by atoms with Crippen LogP contribution in [0.15, 0.2) is 47.4 Å². The van der Waals surface area contributed by atoms with E-state index in [4.69, 9.17) is 16.3 Å². The molecule has 0 saturated carbocycles. The molecule has 0 saturated heterocycles. The van der Waals surface area contributed by atoms with Gasteiger partial charge in [0, 0.05) is 5.02 Å². The maximum Gasteiger partial charge on any atom is 0.261 e. The second kappa shape index (κ2) is 6.37. The van der Waals surface area contributed by atoms with E-state index in [1.54, 1.807) is 30.3 Å². The third-order valence-corrected chi connectivity index (χ3v) is 4.51. The maximum atomic E-state index is 12.3. The summed E-state index contributed by atoms with van der Waals surface area (Å²) >= 11 is 5.90. The van der Waals surface area contributed by atoms with Gasteiger partial charge in [0.2, 0.25) is 0 Å². The van der Waals surface area contributed by atoms with E-state index in [1.807, 2.05) is 13.8 Å². The molecule has 112 valence electrons. The molecule has 0 aliphatic heterocycles. The normalized spacial score (nSPS) is 11.2. The number of halogens is 1. The first-order valence-electron chi connectivity index (χ1n) is 6.44. The molecule has 0 aromatic heterocycles. The lowest BCUT2D eigenvalue weighted by Crippen LogP contribution is -2.13. The molecule has 0 atom stereocenters. The van der Waals surface area contributed by atoms with Crippen molar-refractivity contribution < 1.29 is 13.2 Å². The standard InChI is InChI=1S/C15H16ClNO3S/c1-3-20-13-6-8-14(9-7-13)21(18,19)17-15-10-12(16)5-4-11(15)2/h4-10,17H,3H2,1-2H3. The minimum atomic E-state index is -3.65. The molecule has 6 heteroatoms. The van der Waals surface area contributed by atoms with E-state index in [9.17, 15) is 8.42 Å². The second-order valence-corrected chi connectivity index (χ2v) is 6.59. The van der Waals surface area contributed by atoms with Crippen molar-refractivity contribution in [3.63, 3.8) is 0 Å². The first-order valence-corrected chi connectivity index (χ1v) is 8.30. The molecule has 0 heterocycles. The molecule has 21 heavy (non-hydrogen) atoms. The van der Waals surface area contributed by atoms with Crippen molar-refractivity contribution >= 4 is 27.3 Å². The summed E-state index contributed by atoms with van der Waals surface area (Å²) < 4.78 is 32.5. The number of anilines is 1. The molecule has 0 fully saturated rings. The van der Waals surface area contributed by atoms with Crippen LogP contribution in [0.1, 0.15) is 12.5 Å². The molecule has 0 aliphatic rings. The quantitative estimate of drug-likeness (QED) is 0.908. The van der Waals surface area contributed by atoms with Gasteiger partial charge in [0.1, 0.15) is 5.75 Å². The Morgan fingerprint density at radius 1 is 1.14 bits per heavy atom. The van der Waals surface area contributed by atoms with Crippen molar-refractivity contribution in [1.29, 1.82) is 0 Å². The van der Waals surface area contributed by atoms with E-state index >= 15 is 0 Å². The Balaban J connectivity index is 2.27. The SMILES string of the molecule is CCOc1ccc(S(=O)(=O)Nc2cc(Cl)ccc2C)cc1. The minimum absolute atomic E-state index is 0.172. The lowest BCUT2D eigenvalue weighted by molar-refractivity contribution is 0.340. The van der Waals surface area contributed by atoms with Crippen LogP contribution in [0.25, 0.3) is 0 Å². The highest BCUT2D eigenvalue weighted by atomic mass is 35.5. The van der Waals surface area contributed by atoms with Crippen LogP contribution in [-0.2, 0) is 10.0 Å². The van der Waals surface area contributed by atoms with Crippen LogP contribution in [0.5, 0.6) is 5.75 Å². The fraction of sp³-hybridized carbons (Fsp3) is 0.200. The van der Waals surface area contributed by atoms with E-state index in [0.717, 1.165) is 5.56 Å². The van der Waals surface area contributed by atoms with Gasteiger partial charge in [0.15, 0.2) is 0 Å². The number of sulfonamides is 1. The Morgan fingerprint density at radius 2 is 1.81 bits per heavy atom. The molecule has 0 radical (unpaired) electrons. The van der Waals surface area contributed by atoms with Crippen LogP contribution in [-0.4, -0.2) is 15.0 Å². The zero-order valence-corrected chi connectivity index (χ0v) is 13.3. The third kappa shape index (κ3) is 3.89. The smallest absolute Gasteiger partial charge is 0.261 e. The van der Waals surface area contributed by atoms with Crippen LogP contribution in [0.3, 0.4) is 0 Å². The summed E-state index contributed by atoms with van der Waals surface area (Å²) in [4.78, 5) is 0.172. The molecule has 2 rings (SSSR count). The van der Waals surface area contributed by atoms with Gasteiger partial charge >= 0.3 is 0 Å². The van der Waals surface area contributed by atoms with E-state index in [-0.39, 0.29) is 4.90 Å². The van der Waals surface area contributed by atoms with Gasteiger partial charge in [-0.2, -0.15) is 0 Å². The van der Waals surface area contributed by atoms with E-state index in [2.05, 4.69) is 4.72 Å². The van der Waals surface area contributed by atoms with Crippen molar-refractivity contribution in [3.05, 3.63) is 53.1 Å². The van der Waals surface area contributed by atoms with Gasteiger partial charge in [0.25, 0.3) is 10.0 Å². The summed E-state index contributed by atoms with van der Waals surface area (Å²) in [5.74, 6) is 0.635. The number of rotatable bonds is 5. The molecular weight excluding hydrogens is 310 g/mol. The van der Waals surface area contributed by atoms with Crippen molar-refractivity contribution in [1.82, 2.24) is 0 Å². The van der Waals surface area contributed by atoms with E-state index in [1.165, 1.54) is 12.1 Å². The fourth-order valence-electron chi connectivity index (χ4n) is 1.79. The molecular formula is C15H16ClNO3S. The predicted molar refractivity (Wildman–Crippen MR) is 84.6 cm³/mol. The highest BCUT2D eigenvalue weighted by Gasteiger charge is 2.15. The molecule has 0 spiro atoms. The van der Waals surface area contributed by atoms with Crippen LogP contribution in [0.4, 0.5) is 5.69 Å². The van der Waals surface area contributed by atoms with E-state index in [0.29, 0.717) is 23.1 Å². The lowest BCUT2D eigenvalue weighted by atomic mass is 10.2. The van der Waals surface area contributed by atoms with Gasteiger partial charge in [-0.05, 0) is 55.8 Å². The first kappa shape index (κ1) is 15.7. The number of nitrogens with one attached hydrogen (secondary N) is 1. The molecule has 1 N–H and O–H groups in total. The summed E-state index contributed by atoms with van der Waals surface area (Å²) in [6, 6.07) is 11.3. The van der Waals surface area contributed by atoms with Gasteiger partial charge < -0.3 is 4.74 Å². The van der Waals surface area contributed by atoms with Crippen molar-refractivity contribution in [2.24, 2.45) is 0 Å². The molecule has 0 amide bonds. The third-order valence-electron chi connectivity index (χ3n) is 2.89. The number of aryl methyl sites for hydroxylation is 1. The Labute approximate surface area is 129 Å². The zero-order chi connectivity index (χ0) is 15.5. The monoisotopic (exact) mass is 325 g/mol. The molecule has 2 aromatic carbocycles. The summed E-state index contributed by atoms with van der Waals surface area (Å²) in [5.41, 5.74) is 1.27. The highest BCUT2D eigenvalue weighted by Crippen LogP contribution is 2.24. The number of hydrogen-bond donors (Lipinski definition) is 1. The lowest BCUT2D eigenvalue weighted by Gasteiger charge is -2.11. The average molecular weight is 326 g/mol. The average Bonchev–Trinajstić information content (AvgIpc) is 2.44. The van der Waals surface area contributed by atoms with E-state index < -0.39 is 10.0 Å². The second-order valence-electron chi connectivity index (χ2n) is 4.47. The van der Waals surface area contributed by atoms with Crippen molar-refractivity contribution in [2.75, 3.05) is 11.3 Å². The Kier molecular flexibility index (Phi) is 4.75. The summed E-state index contributed by atoms with van der Waals surface area (Å²) in [6.45, 7) is 4.21. The Bertz CT molecular complexity index is 727. The Hall–Kier alpha value is -1.72. The molecule has 2 aromatic rings. The first-order chi connectivity index (χ1) is 9.92. The van der Waals surface area contributed by atoms with Gasteiger partial charge in [0.05, 0.1) is 17.2 Å². The Morgan fingerprint density at radius 3 is 2.43 bits per heavy atom. The predicted octanol–water partition coefficient (Wildman–Crippen LogP) is 3.85. The van der Waals surface area contributed by atoms with Crippen LogP contribution >= 0.6 is 11.6 Å². The van der Waals surface area contributed by atoms with Gasteiger partial charge in [-0.25, -0.2) is 8.42 Å². The summed E-state index contributed by atoms with van der Waals surface area (Å²) in [5, 5.41) is 0.477. The number of benzene rings is 2. The maximum absolute atomic E-state index is 12.3. The fourth-order valence-corrected chi connectivity index (χ4v) is 3.08. The van der Waals surface area contributed by atoms with Gasteiger partial charge in [-0.1, -0.05) is 17.7 Å². The molecule has 4 nitrogen and oxygen atoms in total. The molecule has 0 unspecified atom stereocenters. The topological polar surface area (TPSA) is 55.4 Å². The molecule has 0 aliphatic carbocycles. The van der Waals surface area contributed by atoms with Crippen molar-refractivity contribution in [2.45, 2.75) is 18.7 Å².